The maximum Gasteiger partial charge on any atom is 0.252 e. The minimum Gasteiger partial charge on any atom is -0.342 e. The van der Waals surface area contributed by atoms with Gasteiger partial charge in [-0.1, -0.05) is 25.1 Å². The number of nitrogens with zero attached hydrogens (tertiary/aromatic N) is 5. The van der Waals surface area contributed by atoms with E-state index < -0.39 is 0 Å². The number of rotatable bonds is 6. The number of aromatic nitrogens is 6. The molecule has 1 saturated carbocycles. The van der Waals surface area contributed by atoms with E-state index in [1.165, 1.54) is 0 Å². The van der Waals surface area contributed by atoms with Gasteiger partial charge in [-0.15, -0.1) is 0 Å². The fourth-order valence-electron chi connectivity index (χ4n) is 4.45. The van der Waals surface area contributed by atoms with Crippen LogP contribution >= 0.6 is 0 Å². The predicted octanol–water partition coefficient (Wildman–Crippen LogP) is 4.76. The van der Waals surface area contributed by atoms with Gasteiger partial charge in [0.2, 0.25) is 0 Å². The number of benzene rings is 1. The summed E-state index contributed by atoms with van der Waals surface area (Å²) < 4.78 is 1.74. The molecule has 2 N–H and O–H groups in total. The zero-order valence-corrected chi connectivity index (χ0v) is 19.1. The van der Waals surface area contributed by atoms with Crippen molar-refractivity contribution in [2.45, 2.75) is 45.1 Å². The molecule has 1 atom stereocenters. The SMILES string of the molecule is CC[C@@H](NC(=O)c1cc(C2CC2)nc2c1c(C)nn2-c1ccccn1)c1nc2ccccc2[nH]1. The molecule has 4 heterocycles. The summed E-state index contributed by atoms with van der Waals surface area (Å²) in [6.07, 6.45) is 4.62. The van der Waals surface area contributed by atoms with E-state index in [0.29, 0.717) is 29.4 Å². The zero-order valence-electron chi connectivity index (χ0n) is 19.1. The van der Waals surface area contributed by atoms with E-state index in [9.17, 15) is 4.79 Å². The number of aryl methyl sites for hydroxylation is 1. The first kappa shape index (κ1) is 20.5. The van der Waals surface area contributed by atoms with E-state index in [4.69, 9.17) is 15.1 Å². The topological polar surface area (TPSA) is 101 Å². The number of imidazole rings is 1. The van der Waals surface area contributed by atoms with Crippen LogP contribution in [-0.2, 0) is 0 Å². The van der Waals surface area contributed by atoms with Crippen molar-refractivity contribution >= 4 is 28.0 Å². The van der Waals surface area contributed by atoms with Crippen molar-refractivity contribution < 1.29 is 4.79 Å². The number of para-hydroxylation sites is 2. The van der Waals surface area contributed by atoms with Crippen LogP contribution in [0.5, 0.6) is 0 Å². The monoisotopic (exact) mass is 451 g/mol. The van der Waals surface area contributed by atoms with Crippen LogP contribution in [0.2, 0.25) is 0 Å². The number of hydrogen-bond donors (Lipinski definition) is 2. The molecule has 8 heteroatoms. The van der Waals surface area contributed by atoms with E-state index in [1.807, 2.05) is 62.4 Å². The van der Waals surface area contributed by atoms with Gasteiger partial charge in [-0.05, 0) is 56.5 Å². The highest BCUT2D eigenvalue weighted by molar-refractivity contribution is 6.07. The Labute approximate surface area is 196 Å². The molecule has 34 heavy (non-hydrogen) atoms. The molecular weight excluding hydrogens is 426 g/mol. The molecule has 1 aromatic carbocycles. The second-order valence-corrected chi connectivity index (χ2v) is 8.83. The predicted molar refractivity (Wildman–Crippen MR) is 130 cm³/mol. The van der Waals surface area contributed by atoms with Gasteiger partial charge in [-0.3, -0.25) is 4.79 Å². The first-order valence-electron chi connectivity index (χ1n) is 11.7. The summed E-state index contributed by atoms with van der Waals surface area (Å²) in [4.78, 5) is 31.1. The highest BCUT2D eigenvalue weighted by atomic mass is 16.1. The minimum atomic E-state index is -0.237. The third-order valence-corrected chi connectivity index (χ3v) is 6.39. The van der Waals surface area contributed by atoms with E-state index >= 15 is 0 Å². The molecule has 1 aliphatic carbocycles. The Kier molecular flexibility index (Phi) is 4.86. The maximum absolute atomic E-state index is 13.7. The van der Waals surface area contributed by atoms with Crippen molar-refractivity contribution in [1.29, 1.82) is 0 Å². The Morgan fingerprint density at radius 3 is 2.74 bits per heavy atom. The Balaban J connectivity index is 1.43. The number of nitrogens with one attached hydrogen (secondary N) is 2. The summed E-state index contributed by atoms with van der Waals surface area (Å²) in [5, 5.41) is 8.66. The molecule has 5 aromatic rings. The summed E-state index contributed by atoms with van der Waals surface area (Å²) in [5.41, 5.74) is 4.80. The van der Waals surface area contributed by atoms with Crippen molar-refractivity contribution in [2.24, 2.45) is 0 Å². The zero-order chi connectivity index (χ0) is 23.2. The van der Waals surface area contributed by atoms with Crippen LogP contribution in [0.25, 0.3) is 27.9 Å². The molecule has 0 spiro atoms. The molecule has 1 fully saturated rings. The van der Waals surface area contributed by atoms with Crippen LogP contribution in [0.3, 0.4) is 0 Å². The van der Waals surface area contributed by atoms with Gasteiger partial charge in [0, 0.05) is 17.8 Å². The second kappa shape index (κ2) is 8.06. The van der Waals surface area contributed by atoms with Crippen molar-refractivity contribution in [2.75, 3.05) is 0 Å². The third-order valence-electron chi connectivity index (χ3n) is 6.39. The van der Waals surface area contributed by atoms with Gasteiger partial charge < -0.3 is 10.3 Å². The average molecular weight is 452 g/mol. The van der Waals surface area contributed by atoms with Gasteiger partial charge in [0.25, 0.3) is 5.91 Å². The van der Waals surface area contributed by atoms with Crippen LogP contribution in [-0.4, -0.2) is 35.6 Å². The maximum atomic E-state index is 13.7. The fraction of sp³-hybridized carbons (Fsp3) is 0.269. The van der Waals surface area contributed by atoms with Crippen molar-refractivity contribution in [1.82, 2.24) is 35.0 Å². The van der Waals surface area contributed by atoms with Crippen molar-refractivity contribution in [3.8, 4) is 5.82 Å². The van der Waals surface area contributed by atoms with Gasteiger partial charge in [0.05, 0.1) is 33.7 Å². The van der Waals surface area contributed by atoms with E-state index in [1.54, 1.807) is 10.9 Å². The molecule has 0 saturated heterocycles. The molecule has 0 radical (unpaired) electrons. The first-order chi connectivity index (χ1) is 16.6. The summed E-state index contributed by atoms with van der Waals surface area (Å²) in [5.74, 6) is 1.68. The van der Waals surface area contributed by atoms with Crippen LogP contribution < -0.4 is 5.32 Å². The fourth-order valence-corrected chi connectivity index (χ4v) is 4.45. The van der Waals surface area contributed by atoms with E-state index in [0.717, 1.165) is 46.5 Å². The van der Waals surface area contributed by atoms with E-state index in [-0.39, 0.29) is 11.9 Å². The van der Waals surface area contributed by atoms with Gasteiger partial charge >= 0.3 is 0 Å². The number of hydrogen-bond acceptors (Lipinski definition) is 5. The molecule has 8 nitrogen and oxygen atoms in total. The highest BCUT2D eigenvalue weighted by Crippen LogP contribution is 2.40. The normalized spacial score (nSPS) is 14.5. The van der Waals surface area contributed by atoms with Crippen LogP contribution in [0.1, 0.15) is 65.7 Å². The first-order valence-corrected chi connectivity index (χ1v) is 11.7. The number of aromatic amines is 1. The molecular formula is C26H25N7O. The number of H-pyrrole nitrogens is 1. The summed E-state index contributed by atoms with van der Waals surface area (Å²) in [6.45, 7) is 3.95. The van der Waals surface area contributed by atoms with Crippen molar-refractivity contribution in [3.05, 3.63) is 77.5 Å². The summed E-state index contributed by atoms with van der Waals surface area (Å²) in [6, 6.07) is 15.3. The summed E-state index contributed by atoms with van der Waals surface area (Å²) >= 11 is 0. The number of carbonyl (C=O) groups is 1. The minimum absolute atomic E-state index is 0.148. The molecule has 0 bridgehead atoms. The van der Waals surface area contributed by atoms with Crippen LogP contribution in [0.15, 0.2) is 54.7 Å². The van der Waals surface area contributed by atoms with Gasteiger partial charge in [-0.25, -0.2) is 15.0 Å². The highest BCUT2D eigenvalue weighted by Gasteiger charge is 2.30. The standard InChI is InChI=1S/C26H25N7O/c1-3-18(24-28-19-8-4-5-9-20(19)29-24)31-26(34)17-14-21(16-11-12-16)30-25-23(17)15(2)32-33(25)22-10-6-7-13-27-22/h4-10,13-14,16,18H,3,11-12H2,1-2H3,(H,28,29)(H,31,34)/t18-/m1/s1. The lowest BCUT2D eigenvalue weighted by Gasteiger charge is -2.16. The van der Waals surface area contributed by atoms with Crippen molar-refractivity contribution in [3.63, 3.8) is 0 Å². The Hall–Kier alpha value is -4.07. The van der Waals surface area contributed by atoms with Crippen LogP contribution in [0.4, 0.5) is 0 Å². The van der Waals surface area contributed by atoms with Gasteiger partial charge in [0.15, 0.2) is 11.5 Å². The van der Waals surface area contributed by atoms with E-state index in [2.05, 4.69) is 15.3 Å². The lowest BCUT2D eigenvalue weighted by molar-refractivity contribution is 0.0935. The molecule has 1 aliphatic rings. The number of fused-ring (bicyclic) bond motifs is 2. The lowest BCUT2D eigenvalue weighted by atomic mass is 10.1. The second-order valence-electron chi connectivity index (χ2n) is 8.83. The Bertz CT molecular complexity index is 1480. The third kappa shape index (κ3) is 3.51. The summed E-state index contributed by atoms with van der Waals surface area (Å²) in [7, 11) is 0. The number of carbonyl (C=O) groups excluding carboxylic acids is 1. The molecule has 6 rings (SSSR count). The smallest absolute Gasteiger partial charge is 0.252 e. The Morgan fingerprint density at radius 1 is 1.18 bits per heavy atom. The van der Waals surface area contributed by atoms with Gasteiger partial charge in [0.1, 0.15) is 5.82 Å². The molecule has 1 amide bonds. The largest absolute Gasteiger partial charge is 0.342 e. The Morgan fingerprint density at radius 2 is 2.00 bits per heavy atom. The number of pyridine rings is 2. The van der Waals surface area contributed by atoms with Gasteiger partial charge in [-0.2, -0.15) is 9.78 Å². The molecule has 170 valence electrons. The number of amides is 1. The molecule has 4 aromatic heterocycles. The molecule has 0 aliphatic heterocycles. The van der Waals surface area contributed by atoms with Crippen LogP contribution in [0, 0.1) is 6.92 Å². The quantitative estimate of drug-likeness (QED) is 0.388. The average Bonchev–Trinajstić information content (AvgIpc) is 3.55. The lowest BCUT2D eigenvalue weighted by Crippen LogP contribution is -2.29. The molecule has 0 unspecified atom stereocenters.